The standard InChI is InChI=1S/C22H14N3O2SSeTe/c1-24-21(27)14(20(26)23-22(24)29)12-13-10-11-19(28-13)25-15-6-2-4-8-17(15)30-18-9-5-3-7-16(18)25/h2-12H,1H3/b14-12+. The molecule has 0 fully saturated rings. The van der Waals surface area contributed by atoms with E-state index in [-0.39, 0.29) is 11.5 Å². The van der Waals surface area contributed by atoms with E-state index in [0.29, 0.717) is 4.73 Å². The van der Waals surface area contributed by atoms with Crippen LogP contribution in [0.25, 0.3) is 6.08 Å². The molecule has 1 radical (unpaired) electrons. The molecule has 5 rings (SSSR count). The van der Waals surface area contributed by atoms with Gasteiger partial charge in [-0.3, -0.25) is 0 Å². The number of thiophene rings is 1. The maximum absolute atomic E-state index is 12.5. The SMILES string of the molecule is CN1C(=O)/C(=C/c2ccc(N3c4ccccc4[Te]c4ccccc43)s2)C(=O)N=C1[Se]. The van der Waals surface area contributed by atoms with E-state index in [0.717, 1.165) is 9.88 Å². The first kappa shape index (κ1) is 19.7. The second-order valence-corrected chi connectivity index (χ2v) is 11.6. The Bertz CT molecular complexity index is 1220. The zero-order chi connectivity index (χ0) is 20.8. The summed E-state index contributed by atoms with van der Waals surface area (Å²) >= 11 is 3.76. The third-order valence-corrected chi connectivity index (χ3v) is 9.81. The second kappa shape index (κ2) is 7.81. The molecule has 147 valence electrons. The molecule has 3 heterocycles. The molecule has 2 aromatic carbocycles. The van der Waals surface area contributed by atoms with Gasteiger partial charge in [0.2, 0.25) is 0 Å². The molecule has 8 heteroatoms. The van der Waals surface area contributed by atoms with E-state index in [4.69, 9.17) is 0 Å². The summed E-state index contributed by atoms with van der Waals surface area (Å²) in [6.07, 6.45) is 1.64. The van der Waals surface area contributed by atoms with Crippen molar-refractivity contribution in [2.45, 2.75) is 0 Å². The summed E-state index contributed by atoms with van der Waals surface area (Å²) in [6.45, 7) is 0. The summed E-state index contributed by atoms with van der Waals surface area (Å²) in [5, 5.41) is 1.05. The molecule has 30 heavy (non-hydrogen) atoms. The molecular weight excluding hydrogens is 577 g/mol. The van der Waals surface area contributed by atoms with Gasteiger partial charge < -0.3 is 0 Å². The monoisotopic (exact) mass is 594 g/mol. The molecule has 0 saturated heterocycles. The van der Waals surface area contributed by atoms with Crippen LogP contribution in [0.15, 0.2) is 71.2 Å². The molecule has 0 bridgehead atoms. The number of hydrogen-bond acceptors (Lipinski definition) is 4. The van der Waals surface area contributed by atoms with Gasteiger partial charge in [0.25, 0.3) is 0 Å². The molecule has 0 unspecified atom stereocenters. The number of carbonyl (C=O) groups is 2. The molecule has 3 aromatic rings. The number of carbonyl (C=O) groups excluding carboxylic acids is 2. The predicted molar refractivity (Wildman–Crippen MR) is 123 cm³/mol. The zero-order valence-electron chi connectivity index (χ0n) is 15.7. The minimum absolute atomic E-state index is 0.0799. The van der Waals surface area contributed by atoms with Gasteiger partial charge in [0.05, 0.1) is 0 Å². The Labute approximate surface area is 196 Å². The van der Waals surface area contributed by atoms with Gasteiger partial charge in [0.1, 0.15) is 0 Å². The van der Waals surface area contributed by atoms with Crippen molar-refractivity contribution in [3.05, 3.63) is 71.1 Å². The maximum atomic E-state index is 12.5. The number of para-hydroxylation sites is 2. The Morgan fingerprint density at radius 3 is 2.27 bits per heavy atom. The van der Waals surface area contributed by atoms with Gasteiger partial charge in [-0.05, 0) is 0 Å². The number of anilines is 3. The van der Waals surface area contributed by atoms with Crippen LogP contribution in [0.5, 0.6) is 0 Å². The number of amides is 2. The quantitative estimate of drug-likeness (QED) is 0.204. The Morgan fingerprint density at radius 2 is 1.60 bits per heavy atom. The molecule has 0 aliphatic carbocycles. The third kappa shape index (κ3) is 3.35. The molecule has 2 aliphatic rings. The number of amidine groups is 1. The van der Waals surface area contributed by atoms with Crippen molar-refractivity contribution in [3.8, 4) is 0 Å². The van der Waals surface area contributed by atoms with Crippen LogP contribution < -0.4 is 12.1 Å². The van der Waals surface area contributed by atoms with Gasteiger partial charge in [-0.15, -0.1) is 0 Å². The van der Waals surface area contributed by atoms with Crippen LogP contribution in [0.4, 0.5) is 16.4 Å². The minimum atomic E-state index is -0.513. The van der Waals surface area contributed by atoms with Gasteiger partial charge >= 0.3 is 197 Å². The van der Waals surface area contributed by atoms with Crippen LogP contribution in [0, 0.1) is 0 Å². The summed E-state index contributed by atoms with van der Waals surface area (Å²) < 4.78 is 3.09. The average molecular weight is 591 g/mol. The fourth-order valence-electron chi connectivity index (χ4n) is 3.33. The Kier molecular flexibility index (Phi) is 5.14. The van der Waals surface area contributed by atoms with Crippen LogP contribution >= 0.6 is 11.3 Å². The van der Waals surface area contributed by atoms with Crippen molar-refractivity contribution in [3.63, 3.8) is 0 Å². The van der Waals surface area contributed by atoms with Crippen LogP contribution in [0.3, 0.4) is 0 Å². The first-order chi connectivity index (χ1) is 14.5. The summed E-state index contributed by atoms with van der Waals surface area (Å²) in [4.78, 5) is 33.2. The number of nitrogens with zero attached hydrogens (tertiary/aromatic N) is 3. The number of fused-ring (bicyclic) bond motifs is 2. The van der Waals surface area contributed by atoms with Crippen molar-refractivity contribution in [1.82, 2.24) is 4.90 Å². The molecule has 0 saturated carbocycles. The zero-order valence-corrected chi connectivity index (χ0v) is 20.6. The second-order valence-electron chi connectivity index (χ2n) is 6.67. The fraction of sp³-hybridized carbons (Fsp3) is 0.0455. The Morgan fingerprint density at radius 1 is 0.967 bits per heavy atom. The van der Waals surface area contributed by atoms with Gasteiger partial charge in [-0.25, -0.2) is 0 Å². The first-order valence-corrected chi connectivity index (χ1v) is 13.1. The summed E-state index contributed by atoms with van der Waals surface area (Å²) in [7, 11) is 1.60. The van der Waals surface area contributed by atoms with Crippen LogP contribution in [0.1, 0.15) is 4.88 Å². The van der Waals surface area contributed by atoms with E-state index < -0.39 is 26.8 Å². The molecule has 5 nitrogen and oxygen atoms in total. The van der Waals surface area contributed by atoms with Crippen molar-refractivity contribution in [2.24, 2.45) is 4.99 Å². The predicted octanol–water partition coefficient (Wildman–Crippen LogP) is 2.09. The van der Waals surface area contributed by atoms with E-state index in [2.05, 4.69) is 74.4 Å². The molecule has 2 amide bonds. The van der Waals surface area contributed by atoms with Gasteiger partial charge in [0, 0.05) is 0 Å². The first-order valence-electron chi connectivity index (χ1n) is 9.08. The van der Waals surface area contributed by atoms with Gasteiger partial charge in [0.15, 0.2) is 0 Å². The molecule has 0 N–H and O–H groups in total. The van der Waals surface area contributed by atoms with Crippen molar-refractivity contribution in [2.75, 3.05) is 11.9 Å². The third-order valence-electron chi connectivity index (χ3n) is 4.80. The van der Waals surface area contributed by atoms with Crippen LogP contribution in [-0.4, -0.2) is 65.4 Å². The molecule has 1 aromatic heterocycles. The molecular formula is C22H14N3O2SSeTe. The molecule has 0 spiro atoms. The van der Waals surface area contributed by atoms with E-state index in [1.54, 1.807) is 24.5 Å². The summed E-state index contributed by atoms with van der Waals surface area (Å²) in [5.41, 5.74) is 2.50. The van der Waals surface area contributed by atoms with Crippen molar-refractivity contribution in [1.29, 1.82) is 0 Å². The number of benzene rings is 2. The Hall–Kier alpha value is -2.20. The van der Waals surface area contributed by atoms with E-state index >= 15 is 0 Å². The number of rotatable bonds is 2. The topological polar surface area (TPSA) is 53.0 Å². The van der Waals surface area contributed by atoms with Crippen LogP contribution in [-0.2, 0) is 9.59 Å². The van der Waals surface area contributed by atoms with E-state index in [9.17, 15) is 9.59 Å². The van der Waals surface area contributed by atoms with E-state index in [1.807, 2.05) is 12.1 Å². The summed E-state index contributed by atoms with van der Waals surface area (Å²) in [6, 6.07) is 21.0. The number of hydrogen-bond donors (Lipinski definition) is 0. The molecule has 2 aliphatic heterocycles. The summed E-state index contributed by atoms with van der Waals surface area (Å²) in [5.74, 6) is -0.862. The van der Waals surface area contributed by atoms with E-state index in [1.165, 1.54) is 23.5 Å². The van der Waals surface area contributed by atoms with Gasteiger partial charge in [-0.2, -0.15) is 0 Å². The van der Waals surface area contributed by atoms with Crippen molar-refractivity contribution < 1.29 is 9.59 Å². The fourth-order valence-corrected chi connectivity index (χ4v) is 7.67. The number of likely N-dealkylation sites (N-methyl/N-ethyl adjacent to an activating group) is 1. The van der Waals surface area contributed by atoms with Gasteiger partial charge in [-0.1, -0.05) is 0 Å². The van der Waals surface area contributed by atoms with Crippen molar-refractivity contribution >= 4 is 94.5 Å². The van der Waals surface area contributed by atoms with Crippen LogP contribution in [0.2, 0.25) is 0 Å². The average Bonchev–Trinajstić information content (AvgIpc) is 3.21. The number of aliphatic imine (C=N–C) groups is 1. The Balaban J connectivity index is 1.57. The molecule has 0 atom stereocenters. The normalized spacial score (nSPS) is 17.1.